The third kappa shape index (κ3) is 5.16. The quantitative estimate of drug-likeness (QED) is 0.735. The van der Waals surface area contributed by atoms with E-state index in [2.05, 4.69) is 5.16 Å². The topological polar surface area (TPSA) is 66.3 Å². The van der Waals surface area contributed by atoms with Gasteiger partial charge in [0.05, 0.1) is 0 Å². The van der Waals surface area contributed by atoms with E-state index in [1.165, 1.54) is 18.2 Å². The van der Waals surface area contributed by atoms with Gasteiger partial charge in [0.2, 0.25) is 0 Å². The van der Waals surface area contributed by atoms with Crippen LogP contribution in [0, 0.1) is 5.82 Å². The van der Waals surface area contributed by atoms with Crippen molar-refractivity contribution in [2.75, 3.05) is 13.2 Å². The Morgan fingerprint density at radius 3 is 2.80 bits per heavy atom. The van der Waals surface area contributed by atoms with E-state index in [0.717, 1.165) is 0 Å². The van der Waals surface area contributed by atoms with Gasteiger partial charge in [-0.1, -0.05) is 5.16 Å². The van der Waals surface area contributed by atoms with Gasteiger partial charge in [-0.3, -0.25) is 0 Å². The van der Waals surface area contributed by atoms with Crippen molar-refractivity contribution in [3.05, 3.63) is 29.6 Å². The molecule has 7 heteroatoms. The first kappa shape index (κ1) is 19.2. The lowest BCUT2D eigenvalue weighted by Crippen LogP contribution is -2.34. The number of oxime groups is 1. The van der Waals surface area contributed by atoms with Crippen molar-refractivity contribution in [2.24, 2.45) is 5.16 Å². The van der Waals surface area contributed by atoms with Gasteiger partial charge in [0.15, 0.2) is 6.10 Å². The molecule has 1 heterocycles. The fraction of sp³-hybridized carbons (Fsp3) is 0.556. The Morgan fingerprint density at radius 2 is 2.16 bits per heavy atom. The zero-order valence-electron chi connectivity index (χ0n) is 15.2. The highest BCUT2D eigenvalue weighted by molar-refractivity contribution is 6.06. The molecule has 0 spiro atoms. The molecule has 0 fully saturated rings. The Labute approximate surface area is 146 Å². The van der Waals surface area contributed by atoms with Gasteiger partial charge in [-0.05, 0) is 52.8 Å². The molecule has 0 saturated heterocycles. The predicted molar refractivity (Wildman–Crippen MR) is 90.2 cm³/mol. The van der Waals surface area contributed by atoms with Crippen molar-refractivity contribution in [3.63, 3.8) is 0 Å². The zero-order valence-corrected chi connectivity index (χ0v) is 15.2. The number of esters is 1. The van der Waals surface area contributed by atoms with Crippen LogP contribution in [0.25, 0.3) is 0 Å². The molecule has 0 amide bonds. The van der Waals surface area contributed by atoms with Crippen molar-refractivity contribution in [3.8, 4) is 5.75 Å². The van der Waals surface area contributed by atoms with Crippen LogP contribution in [0.3, 0.4) is 0 Å². The van der Waals surface area contributed by atoms with Crippen LogP contribution in [0.4, 0.5) is 4.39 Å². The summed E-state index contributed by atoms with van der Waals surface area (Å²) < 4.78 is 30.3. The SMILES string of the molecule is CCO[C@@H]1CON=C1c1cc(F)ccc1O[C@@H](C)C(=O)OC(C)(C)C. The van der Waals surface area contributed by atoms with Crippen LogP contribution in [0.5, 0.6) is 5.75 Å². The van der Waals surface area contributed by atoms with Gasteiger partial charge >= 0.3 is 5.97 Å². The number of hydrogen-bond acceptors (Lipinski definition) is 6. The molecule has 6 nitrogen and oxygen atoms in total. The largest absolute Gasteiger partial charge is 0.478 e. The smallest absolute Gasteiger partial charge is 0.347 e. The predicted octanol–water partition coefficient (Wildman–Crippen LogP) is 3.07. The lowest BCUT2D eigenvalue weighted by atomic mass is 10.0. The number of hydrogen-bond donors (Lipinski definition) is 0. The summed E-state index contributed by atoms with van der Waals surface area (Å²) in [6.07, 6.45) is -1.28. The van der Waals surface area contributed by atoms with Gasteiger partial charge in [0, 0.05) is 12.2 Å². The van der Waals surface area contributed by atoms with E-state index in [9.17, 15) is 9.18 Å². The highest BCUT2D eigenvalue weighted by atomic mass is 19.1. The van der Waals surface area contributed by atoms with Crippen LogP contribution in [-0.4, -0.2) is 42.7 Å². The Bertz CT molecular complexity index is 653. The number of carbonyl (C=O) groups is 1. The number of ether oxygens (including phenoxy) is 3. The molecule has 0 aliphatic carbocycles. The number of carbonyl (C=O) groups excluding carboxylic acids is 1. The Balaban J connectivity index is 2.23. The first-order valence-corrected chi connectivity index (χ1v) is 8.22. The summed E-state index contributed by atoms with van der Waals surface area (Å²) in [7, 11) is 0. The number of halogens is 1. The maximum atomic E-state index is 13.7. The Kier molecular flexibility index (Phi) is 6.00. The van der Waals surface area contributed by atoms with Crippen LogP contribution in [0.1, 0.15) is 40.2 Å². The maximum absolute atomic E-state index is 13.7. The third-order valence-corrected chi connectivity index (χ3v) is 3.32. The van der Waals surface area contributed by atoms with Crippen molar-refractivity contribution in [2.45, 2.75) is 52.4 Å². The zero-order chi connectivity index (χ0) is 18.6. The molecule has 1 aliphatic heterocycles. The van der Waals surface area contributed by atoms with Gasteiger partial charge in [0.25, 0.3) is 0 Å². The van der Waals surface area contributed by atoms with E-state index in [-0.39, 0.29) is 6.61 Å². The summed E-state index contributed by atoms with van der Waals surface area (Å²) in [4.78, 5) is 17.2. The second-order valence-corrected chi connectivity index (χ2v) is 6.65. The molecule has 25 heavy (non-hydrogen) atoms. The van der Waals surface area contributed by atoms with Crippen molar-refractivity contribution in [1.29, 1.82) is 0 Å². The fourth-order valence-electron chi connectivity index (χ4n) is 2.29. The van der Waals surface area contributed by atoms with E-state index < -0.39 is 29.6 Å². The molecule has 1 aromatic carbocycles. The van der Waals surface area contributed by atoms with E-state index >= 15 is 0 Å². The van der Waals surface area contributed by atoms with E-state index in [1.54, 1.807) is 27.7 Å². The van der Waals surface area contributed by atoms with Crippen LogP contribution in [0.2, 0.25) is 0 Å². The second-order valence-electron chi connectivity index (χ2n) is 6.65. The molecule has 0 saturated carbocycles. The number of benzene rings is 1. The average Bonchev–Trinajstić information content (AvgIpc) is 2.95. The van der Waals surface area contributed by atoms with Crippen LogP contribution in [0.15, 0.2) is 23.4 Å². The summed E-state index contributed by atoms with van der Waals surface area (Å²) in [5, 5.41) is 3.95. The molecule has 0 aromatic heterocycles. The highest BCUT2D eigenvalue weighted by Gasteiger charge is 2.30. The number of rotatable bonds is 6. The molecule has 138 valence electrons. The van der Waals surface area contributed by atoms with E-state index in [4.69, 9.17) is 19.0 Å². The lowest BCUT2D eigenvalue weighted by Gasteiger charge is -2.23. The molecule has 0 N–H and O–H groups in total. The van der Waals surface area contributed by atoms with Crippen molar-refractivity contribution < 1.29 is 28.2 Å². The first-order chi connectivity index (χ1) is 11.7. The van der Waals surface area contributed by atoms with Crippen LogP contribution in [-0.2, 0) is 19.1 Å². The van der Waals surface area contributed by atoms with Gasteiger partial charge in [-0.25, -0.2) is 9.18 Å². The average molecular weight is 353 g/mol. The summed E-state index contributed by atoms with van der Waals surface area (Å²) in [6.45, 7) is 9.47. The van der Waals surface area contributed by atoms with E-state index in [1.807, 2.05) is 6.92 Å². The molecule has 1 aromatic rings. The standard InChI is InChI=1S/C18H24FNO5/c1-6-22-15-10-23-20-16(15)13-9-12(19)7-8-14(13)24-11(2)17(21)25-18(3,4)5/h7-9,11,15H,6,10H2,1-5H3/t11-,15+/m0/s1. The van der Waals surface area contributed by atoms with Crippen molar-refractivity contribution in [1.82, 2.24) is 0 Å². The van der Waals surface area contributed by atoms with Crippen molar-refractivity contribution >= 4 is 11.7 Å². The monoisotopic (exact) mass is 353 g/mol. The molecule has 0 unspecified atom stereocenters. The minimum absolute atomic E-state index is 0.251. The van der Waals surface area contributed by atoms with Gasteiger partial charge < -0.3 is 19.0 Å². The fourth-order valence-corrected chi connectivity index (χ4v) is 2.29. The Hall–Kier alpha value is -2.15. The lowest BCUT2D eigenvalue weighted by molar-refractivity contribution is -0.162. The molecule has 1 aliphatic rings. The molecule has 0 bridgehead atoms. The molecular formula is C18H24FNO5. The van der Waals surface area contributed by atoms with Crippen LogP contribution < -0.4 is 4.74 Å². The molecule has 0 radical (unpaired) electrons. The van der Waals surface area contributed by atoms with E-state index in [0.29, 0.717) is 23.6 Å². The summed E-state index contributed by atoms with van der Waals surface area (Å²) in [5.41, 5.74) is 0.211. The number of nitrogens with zero attached hydrogens (tertiary/aromatic N) is 1. The minimum Gasteiger partial charge on any atom is -0.478 e. The summed E-state index contributed by atoms with van der Waals surface area (Å²) in [6, 6.07) is 4.00. The van der Waals surface area contributed by atoms with Crippen LogP contribution >= 0.6 is 0 Å². The van der Waals surface area contributed by atoms with Gasteiger partial charge in [-0.15, -0.1) is 0 Å². The highest BCUT2D eigenvalue weighted by Crippen LogP contribution is 2.26. The maximum Gasteiger partial charge on any atom is 0.347 e. The summed E-state index contributed by atoms with van der Waals surface area (Å²) >= 11 is 0. The normalized spacial score (nSPS) is 18.3. The summed E-state index contributed by atoms with van der Waals surface area (Å²) in [5.74, 6) is -0.639. The Morgan fingerprint density at radius 1 is 1.44 bits per heavy atom. The third-order valence-electron chi connectivity index (χ3n) is 3.32. The molecule has 2 atom stereocenters. The second kappa shape index (κ2) is 7.82. The molecule has 2 rings (SSSR count). The van der Waals surface area contributed by atoms with Gasteiger partial charge in [0.1, 0.15) is 35.6 Å². The molecular weight excluding hydrogens is 329 g/mol. The minimum atomic E-state index is -0.864. The van der Waals surface area contributed by atoms with Gasteiger partial charge in [-0.2, -0.15) is 0 Å². The first-order valence-electron chi connectivity index (χ1n) is 8.22.